The fourth-order valence-corrected chi connectivity index (χ4v) is 3.58. The van der Waals surface area contributed by atoms with E-state index in [1.165, 1.54) is 0 Å². The van der Waals surface area contributed by atoms with Crippen LogP contribution in [0.1, 0.15) is 30.7 Å². The van der Waals surface area contributed by atoms with Crippen LogP contribution in [0.4, 0.5) is 13.2 Å². The van der Waals surface area contributed by atoms with Gasteiger partial charge in [0.2, 0.25) is 5.82 Å². The van der Waals surface area contributed by atoms with Crippen molar-refractivity contribution in [2.24, 2.45) is 11.8 Å². The maximum atomic E-state index is 13.6. The van der Waals surface area contributed by atoms with E-state index in [1.54, 1.807) is 26.0 Å². The number of aliphatic carboxylic acids is 1. The van der Waals surface area contributed by atoms with Crippen LogP contribution in [0.15, 0.2) is 33.3 Å². The summed E-state index contributed by atoms with van der Waals surface area (Å²) in [7, 11) is 0. The number of carbonyl (C=O) groups is 1. The molecule has 1 saturated heterocycles. The zero-order chi connectivity index (χ0) is 23.0. The van der Waals surface area contributed by atoms with Gasteiger partial charge < -0.3 is 14.2 Å². The minimum absolute atomic E-state index is 0.0556. The Balaban J connectivity index is 1.51. The summed E-state index contributed by atoms with van der Waals surface area (Å²) in [6, 6.07) is 7.13. The van der Waals surface area contributed by atoms with Crippen LogP contribution in [0.3, 0.4) is 0 Å². The molecule has 0 radical (unpaired) electrons. The van der Waals surface area contributed by atoms with Gasteiger partial charge in [-0.15, -0.1) is 0 Å². The highest BCUT2D eigenvalue weighted by atomic mass is 19.4. The molecule has 1 aliphatic rings. The Kier molecular flexibility index (Phi) is 5.76. The summed E-state index contributed by atoms with van der Waals surface area (Å²) in [5, 5.41) is 16.3. The average molecular weight is 450 g/mol. The number of carboxylic acids is 1. The highest BCUT2D eigenvalue weighted by Gasteiger charge is 2.42. The molecule has 0 aliphatic carbocycles. The molecule has 1 aromatic carbocycles. The van der Waals surface area contributed by atoms with Gasteiger partial charge >= 0.3 is 12.1 Å². The molecule has 32 heavy (non-hydrogen) atoms. The van der Waals surface area contributed by atoms with E-state index in [4.69, 9.17) is 14.2 Å². The van der Waals surface area contributed by atoms with Crippen molar-refractivity contribution in [3.05, 3.63) is 41.2 Å². The maximum Gasteiger partial charge on any atom is 0.422 e. The van der Waals surface area contributed by atoms with Crippen LogP contribution in [0, 0.1) is 11.8 Å². The maximum absolute atomic E-state index is 13.6. The first-order chi connectivity index (χ1) is 15.1. The second-order valence-corrected chi connectivity index (χ2v) is 8.27. The Morgan fingerprint density at radius 3 is 2.47 bits per heavy atom. The van der Waals surface area contributed by atoms with Gasteiger partial charge in [-0.2, -0.15) is 18.2 Å². The molecule has 4 rings (SSSR count). The first-order valence-corrected chi connectivity index (χ1v) is 10.1. The summed E-state index contributed by atoms with van der Waals surface area (Å²) in [6.45, 7) is 5.17. The van der Waals surface area contributed by atoms with Crippen molar-refractivity contribution in [2.75, 3.05) is 13.1 Å². The van der Waals surface area contributed by atoms with E-state index in [0.717, 1.165) is 5.56 Å². The number of halogens is 3. The van der Waals surface area contributed by atoms with E-state index in [1.807, 2.05) is 17.0 Å². The Morgan fingerprint density at radius 2 is 1.88 bits per heavy atom. The van der Waals surface area contributed by atoms with Gasteiger partial charge in [-0.3, -0.25) is 9.69 Å². The Labute approximate surface area is 181 Å². The van der Waals surface area contributed by atoms with Crippen molar-refractivity contribution in [3.8, 4) is 23.0 Å². The number of benzene rings is 1. The quantitative estimate of drug-likeness (QED) is 0.573. The lowest BCUT2D eigenvalue weighted by molar-refractivity contribution is -0.147. The van der Waals surface area contributed by atoms with E-state index in [9.17, 15) is 18.0 Å². The standard InChI is InChI=1S/C21H21F3N4O4/c1-11(2)7-15-16(21(22,23)24)17(26-31-15)19-25-18(27-32-19)13-5-3-12(4-6-13)8-28-9-14(10-28)20(29)30/h3-6,11,14H,7-10H2,1-2H3,(H,29,30). The van der Waals surface area contributed by atoms with Crippen molar-refractivity contribution >= 4 is 5.97 Å². The lowest BCUT2D eigenvalue weighted by Crippen LogP contribution is -2.49. The summed E-state index contributed by atoms with van der Waals surface area (Å²) in [5.41, 5.74) is 0.0194. The molecule has 8 nitrogen and oxygen atoms in total. The van der Waals surface area contributed by atoms with E-state index in [-0.39, 0.29) is 35.7 Å². The van der Waals surface area contributed by atoms with Gasteiger partial charge in [0, 0.05) is 31.6 Å². The van der Waals surface area contributed by atoms with Crippen LogP contribution in [0.2, 0.25) is 0 Å². The molecular formula is C21H21F3N4O4. The number of hydrogen-bond donors (Lipinski definition) is 1. The summed E-state index contributed by atoms with van der Waals surface area (Å²) in [4.78, 5) is 17.0. The van der Waals surface area contributed by atoms with Gasteiger partial charge in [0.05, 0.1) is 5.92 Å². The van der Waals surface area contributed by atoms with E-state index < -0.39 is 23.4 Å². The SMILES string of the molecule is CC(C)Cc1onc(-c2nc(-c3ccc(CN4CC(C(=O)O)C4)cc3)no2)c1C(F)(F)F. The third kappa shape index (κ3) is 4.52. The minimum Gasteiger partial charge on any atom is -0.481 e. The molecule has 0 amide bonds. The van der Waals surface area contributed by atoms with Crippen LogP contribution in [-0.4, -0.2) is 44.4 Å². The van der Waals surface area contributed by atoms with Gasteiger partial charge in [-0.25, -0.2) is 0 Å². The molecule has 1 aliphatic heterocycles. The zero-order valence-electron chi connectivity index (χ0n) is 17.4. The summed E-state index contributed by atoms with van der Waals surface area (Å²) < 4.78 is 50.9. The van der Waals surface area contributed by atoms with Crippen molar-refractivity contribution in [1.82, 2.24) is 20.2 Å². The van der Waals surface area contributed by atoms with E-state index >= 15 is 0 Å². The van der Waals surface area contributed by atoms with Gasteiger partial charge in [0.25, 0.3) is 5.89 Å². The molecule has 0 saturated carbocycles. The van der Waals surface area contributed by atoms with Crippen molar-refractivity contribution < 1.29 is 32.1 Å². The normalized spacial score (nSPS) is 15.3. The third-order valence-corrected chi connectivity index (χ3v) is 5.19. The Morgan fingerprint density at radius 1 is 1.19 bits per heavy atom. The minimum atomic E-state index is -4.67. The van der Waals surface area contributed by atoms with Crippen LogP contribution >= 0.6 is 0 Å². The number of likely N-dealkylation sites (tertiary alicyclic amines) is 1. The molecule has 1 N–H and O–H groups in total. The summed E-state index contributed by atoms with van der Waals surface area (Å²) in [6.07, 6.45) is -4.60. The van der Waals surface area contributed by atoms with Gasteiger partial charge in [-0.05, 0) is 11.5 Å². The first kappa shape index (κ1) is 22.0. The van der Waals surface area contributed by atoms with Gasteiger partial charge in [-0.1, -0.05) is 48.4 Å². The molecule has 0 unspecified atom stereocenters. The van der Waals surface area contributed by atoms with Crippen LogP contribution in [-0.2, 0) is 23.9 Å². The number of carboxylic acid groups (broad SMARTS) is 1. The van der Waals surface area contributed by atoms with Gasteiger partial charge in [0.1, 0.15) is 11.3 Å². The highest BCUT2D eigenvalue weighted by Crippen LogP contribution is 2.40. The molecule has 0 spiro atoms. The first-order valence-electron chi connectivity index (χ1n) is 10.1. The van der Waals surface area contributed by atoms with Crippen molar-refractivity contribution in [1.29, 1.82) is 0 Å². The number of nitrogens with zero attached hydrogens (tertiary/aromatic N) is 4. The largest absolute Gasteiger partial charge is 0.481 e. The fraction of sp³-hybridized carbons (Fsp3) is 0.429. The highest BCUT2D eigenvalue weighted by molar-refractivity contribution is 5.71. The Hall–Kier alpha value is -3.21. The fourth-order valence-electron chi connectivity index (χ4n) is 3.58. The Bertz CT molecular complexity index is 1100. The molecule has 2 aromatic heterocycles. The van der Waals surface area contributed by atoms with Crippen molar-refractivity contribution in [3.63, 3.8) is 0 Å². The van der Waals surface area contributed by atoms with Crippen molar-refractivity contribution in [2.45, 2.75) is 33.0 Å². The average Bonchev–Trinajstić information content (AvgIpc) is 3.30. The third-order valence-electron chi connectivity index (χ3n) is 5.19. The lowest BCUT2D eigenvalue weighted by Gasteiger charge is -2.36. The molecule has 3 heterocycles. The molecular weight excluding hydrogens is 429 g/mol. The molecule has 0 bridgehead atoms. The van der Waals surface area contributed by atoms with Crippen LogP contribution in [0.5, 0.6) is 0 Å². The van der Waals surface area contributed by atoms with Gasteiger partial charge in [0.15, 0.2) is 5.69 Å². The monoisotopic (exact) mass is 450 g/mol. The number of aromatic nitrogens is 3. The zero-order valence-corrected chi connectivity index (χ0v) is 17.4. The van der Waals surface area contributed by atoms with E-state index in [2.05, 4.69) is 15.3 Å². The van der Waals surface area contributed by atoms with Crippen LogP contribution in [0.25, 0.3) is 23.0 Å². The second kappa shape index (κ2) is 8.38. The van der Waals surface area contributed by atoms with E-state index in [0.29, 0.717) is 25.2 Å². The van der Waals surface area contributed by atoms with Crippen LogP contribution < -0.4 is 0 Å². The predicted octanol–water partition coefficient (Wildman–Crippen LogP) is 4.13. The summed E-state index contributed by atoms with van der Waals surface area (Å²) in [5.74, 6) is -1.67. The smallest absolute Gasteiger partial charge is 0.422 e. The molecule has 170 valence electrons. The molecule has 1 fully saturated rings. The number of rotatable bonds is 7. The topological polar surface area (TPSA) is 105 Å². The second-order valence-electron chi connectivity index (χ2n) is 8.27. The summed E-state index contributed by atoms with van der Waals surface area (Å²) >= 11 is 0. The number of hydrogen-bond acceptors (Lipinski definition) is 7. The molecule has 0 atom stereocenters. The molecule has 3 aromatic rings. The lowest BCUT2D eigenvalue weighted by atomic mass is 9.99. The molecule has 11 heteroatoms. The predicted molar refractivity (Wildman–Crippen MR) is 105 cm³/mol. The number of alkyl halides is 3.